The van der Waals surface area contributed by atoms with Crippen LogP contribution in [-0.2, 0) is 10.9 Å². The van der Waals surface area contributed by atoms with Crippen molar-refractivity contribution in [3.63, 3.8) is 0 Å². The zero-order valence-corrected chi connectivity index (χ0v) is 16.9. The summed E-state index contributed by atoms with van der Waals surface area (Å²) in [7, 11) is 0. The number of ether oxygens (including phenoxy) is 1. The maximum Gasteiger partial charge on any atom is 0.455 e. The van der Waals surface area contributed by atoms with Crippen molar-refractivity contribution < 1.29 is 22.4 Å². The number of hydrogen-bond acceptors (Lipinski definition) is 10. The highest BCUT2D eigenvalue weighted by atomic mass is 32.2. The normalized spacial score (nSPS) is 24.2. The molecule has 0 amide bonds. The van der Waals surface area contributed by atoms with E-state index in [1.54, 1.807) is 16.7 Å². The van der Waals surface area contributed by atoms with Crippen LogP contribution in [0.5, 0.6) is 0 Å². The number of thioether (sulfide) groups is 2. The Balaban J connectivity index is 1.29. The van der Waals surface area contributed by atoms with Crippen LogP contribution >= 0.6 is 23.5 Å². The number of alkyl halides is 3. The van der Waals surface area contributed by atoms with Gasteiger partial charge in [0.2, 0.25) is 0 Å². The number of nitrogens with zero attached hydrogens (tertiary/aromatic N) is 6. The standard InChI is InChI=1S/C15H19F3N6O2S2/c1-8(25-14-21-24-10(27-2)7-19-13(24)28-14)9-3-5-23(6-4-9)12-20-11(22-26-12)15(16,17)18/h8-10H,3-7H2,1-2H3. The number of aliphatic imine (C=N–C) groups is 1. The molecule has 154 valence electrons. The largest absolute Gasteiger partial charge is 0.468 e. The predicted molar refractivity (Wildman–Crippen MR) is 101 cm³/mol. The number of aromatic nitrogens is 2. The average Bonchev–Trinajstić information content (AvgIpc) is 3.36. The fourth-order valence-corrected chi connectivity index (χ4v) is 4.82. The highest BCUT2D eigenvalue weighted by Gasteiger charge is 2.39. The molecule has 0 aliphatic carbocycles. The minimum absolute atomic E-state index is 0.0600. The summed E-state index contributed by atoms with van der Waals surface area (Å²) in [5.74, 6) is -0.983. The molecule has 1 aromatic rings. The van der Waals surface area contributed by atoms with E-state index in [9.17, 15) is 13.2 Å². The molecular weight excluding hydrogens is 417 g/mol. The molecule has 1 aromatic heterocycles. The van der Waals surface area contributed by atoms with E-state index < -0.39 is 12.0 Å². The molecule has 2 atom stereocenters. The second-order valence-electron chi connectivity index (χ2n) is 6.67. The van der Waals surface area contributed by atoms with Gasteiger partial charge in [-0.1, -0.05) is 0 Å². The Morgan fingerprint density at radius 2 is 2.07 bits per heavy atom. The Morgan fingerprint density at radius 3 is 2.71 bits per heavy atom. The van der Waals surface area contributed by atoms with Crippen LogP contribution in [0.4, 0.5) is 19.2 Å². The molecule has 0 radical (unpaired) electrons. The van der Waals surface area contributed by atoms with E-state index in [0.717, 1.165) is 24.6 Å². The van der Waals surface area contributed by atoms with Crippen LogP contribution in [0.3, 0.4) is 0 Å². The van der Waals surface area contributed by atoms with Gasteiger partial charge >= 0.3 is 12.2 Å². The molecule has 4 rings (SSSR count). The van der Waals surface area contributed by atoms with Crippen LogP contribution in [-0.4, -0.2) is 62.9 Å². The van der Waals surface area contributed by atoms with Crippen LogP contribution in [0.1, 0.15) is 25.6 Å². The summed E-state index contributed by atoms with van der Waals surface area (Å²) in [4.78, 5) is 9.60. The fourth-order valence-electron chi connectivity index (χ4n) is 3.30. The van der Waals surface area contributed by atoms with E-state index in [0.29, 0.717) is 18.3 Å². The molecule has 0 N–H and O–H groups in total. The molecule has 13 heteroatoms. The van der Waals surface area contributed by atoms with Crippen LogP contribution in [0.25, 0.3) is 0 Å². The van der Waals surface area contributed by atoms with Crippen molar-refractivity contribution in [1.29, 1.82) is 0 Å². The van der Waals surface area contributed by atoms with Crippen LogP contribution in [0.15, 0.2) is 14.6 Å². The summed E-state index contributed by atoms with van der Waals surface area (Å²) >= 11 is 3.13. The molecule has 4 heterocycles. The smallest absolute Gasteiger partial charge is 0.455 e. The zero-order chi connectivity index (χ0) is 19.9. The van der Waals surface area contributed by atoms with Crippen molar-refractivity contribution in [1.82, 2.24) is 15.1 Å². The lowest BCUT2D eigenvalue weighted by atomic mass is 9.92. The minimum Gasteiger partial charge on any atom is -0.468 e. The summed E-state index contributed by atoms with van der Waals surface area (Å²) in [5.41, 5.74) is 0. The lowest BCUT2D eigenvalue weighted by molar-refractivity contribution is -0.146. The van der Waals surface area contributed by atoms with Crippen molar-refractivity contribution in [3.05, 3.63) is 5.82 Å². The quantitative estimate of drug-likeness (QED) is 0.713. The van der Waals surface area contributed by atoms with Gasteiger partial charge in [-0.25, -0.2) is 5.01 Å². The summed E-state index contributed by atoms with van der Waals surface area (Å²) < 4.78 is 48.6. The maximum absolute atomic E-state index is 12.6. The maximum atomic E-state index is 12.6. The lowest BCUT2D eigenvalue weighted by Gasteiger charge is -2.33. The average molecular weight is 436 g/mol. The number of piperidine rings is 1. The van der Waals surface area contributed by atoms with Crippen molar-refractivity contribution >= 4 is 39.9 Å². The van der Waals surface area contributed by atoms with E-state index >= 15 is 0 Å². The molecule has 2 unspecified atom stereocenters. The molecule has 0 bridgehead atoms. The molecule has 0 spiro atoms. The number of amidine groups is 1. The lowest BCUT2D eigenvalue weighted by Crippen LogP contribution is -2.38. The van der Waals surface area contributed by atoms with Crippen molar-refractivity contribution in [2.45, 2.75) is 37.4 Å². The van der Waals surface area contributed by atoms with Gasteiger partial charge in [-0.15, -0.1) is 16.9 Å². The Kier molecular flexibility index (Phi) is 5.38. The van der Waals surface area contributed by atoms with Crippen molar-refractivity contribution in [3.8, 4) is 0 Å². The monoisotopic (exact) mass is 436 g/mol. The van der Waals surface area contributed by atoms with Crippen LogP contribution < -0.4 is 4.90 Å². The minimum atomic E-state index is -4.60. The first-order valence-electron chi connectivity index (χ1n) is 8.80. The first-order valence-corrected chi connectivity index (χ1v) is 10.9. The zero-order valence-electron chi connectivity index (χ0n) is 15.2. The van der Waals surface area contributed by atoms with Gasteiger partial charge in [0.25, 0.3) is 11.1 Å². The van der Waals surface area contributed by atoms with Gasteiger partial charge in [-0.2, -0.15) is 18.2 Å². The van der Waals surface area contributed by atoms with E-state index in [1.807, 2.05) is 18.2 Å². The van der Waals surface area contributed by atoms with Gasteiger partial charge in [-0.05, 0) is 37.1 Å². The first-order chi connectivity index (χ1) is 13.3. The molecule has 8 nitrogen and oxygen atoms in total. The molecule has 3 aliphatic heterocycles. The molecular formula is C15H19F3N6O2S2. The van der Waals surface area contributed by atoms with Gasteiger partial charge in [0.1, 0.15) is 11.5 Å². The third kappa shape index (κ3) is 3.91. The van der Waals surface area contributed by atoms with Gasteiger partial charge < -0.3 is 14.2 Å². The number of hydrogen-bond donors (Lipinski definition) is 0. The SMILES string of the molecule is CSC1CN=C2SC(OC(C)C3CCN(c4nc(C(F)(F)F)no4)CC3)=NN21. The predicted octanol–water partition coefficient (Wildman–Crippen LogP) is 3.09. The summed E-state index contributed by atoms with van der Waals surface area (Å²) in [6.45, 7) is 3.80. The molecule has 28 heavy (non-hydrogen) atoms. The van der Waals surface area contributed by atoms with Crippen molar-refractivity contribution in [2.24, 2.45) is 16.0 Å². The Bertz CT molecular complexity index is 778. The van der Waals surface area contributed by atoms with Gasteiger partial charge in [0.15, 0.2) is 5.17 Å². The number of halogens is 3. The molecule has 0 aromatic carbocycles. The van der Waals surface area contributed by atoms with E-state index in [2.05, 4.69) is 20.2 Å². The van der Waals surface area contributed by atoms with Crippen LogP contribution in [0.2, 0.25) is 0 Å². The van der Waals surface area contributed by atoms with Crippen molar-refractivity contribution in [2.75, 3.05) is 30.8 Å². The first kappa shape index (κ1) is 19.7. The second kappa shape index (κ2) is 7.65. The number of anilines is 1. The summed E-state index contributed by atoms with van der Waals surface area (Å²) in [6, 6.07) is -0.0863. The van der Waals surface area contributed by atoms with Gasteiger partial charge in [-0.3, -0.25) is 4.99 Å². The van der Waals surface area contributed by atoms with E-state index in [1.165, 1.54) is 11.8 Å². The molecule has 0 saturated carbocycles. The summed E-state index contributed by atoms with van der Waals surface area (Å²) in [6.07, 6.45) is -1.13. The number of rotatable bonds is 4. The highest BCUT2D eigenvalue weighted by Crippen LogP contribution is 2.34. The highest BCUT2D eigenvalue weighted by molar-refractivity contribution is 8.26. The Morgan fingerprint density at radius 1 is 1.32 bits per heavy atom. The molecule has 1 saturated heterocycles. The number of hydrazone groups is 1. The second-order valence-corrected chi connectivity index (χ2v) is 8.61. The van der Waals surface area contributed by atoms with Crippen LogP contribution in [0, 0.1) is 5.92 Å². The summed E-state index contributed by atoms with van der Waals surface area (Å²) in [5, 5.41) is 11.1. The Labute approximate surface area is 167 Å². The topological polar surface area (TPSA) is 79.3 Å². The Hall–Kier alpha value is -1.63. The van der Waals surface area contributed by atoms with E-state index in [-0.39, 0.29) is 23.4 Å². The van der Waals surface area contributed by atoms with E-state index in [4.69, 9.17) is 9.26 Å². The molecule has 3 aliphatic rings. The third-order valence-corrected chi connectivity index (χ3v) is 6.67. The number of fused-ring (bicyclic) bond motifs is 1. The van der Waals surface area contributed by atoms with Gasteiger partial charge in [0, 0.05) is 24.9 Å². The van der Waals surface area contributed by atoms with Gasteiger partial charge in [0.05, 0.1) is 6.54 Å². The third-order valence-electron chi connectivity index (χ3n) is 4.92. The molecule has 1 fully saturated rings. The fraction of sp³-hybridized carbons (Fsp3) is 0.733.